The average Bonchev–Trinajstić information content (AvgIpc) is 2.24. The largest absolute Gasteiger partial charge is 0.481 e. The van der Waals surface area contributed by atoms with Crippen LogP contribution in [0.2, 0.25) is 0 Å². The van der Waals surface area contributed by atoms with Crippen LogP contribution in [0.25, 0.3) is 0 Å². The van der Waals surface area contributed by atoms with E-state index in [2.05, 4.69) is 0 Å². The number of carboxylic acids is 1. The van der Waals surface area contributed by atoms with Gasteiger partial charge in [0.25, 0.3) is 5.91 Å². The molecule has 1 aromatic carbocycles. The molecular formula is C13H15NO3. The summed E-state index contributed by atoms with van der Waals surface area (Å²) >= 11 is 0. The molecule has 1 amide bonds. The van der Waals surface area contributed by atoms with Crippen LogP contribution in [0.5, 0.6) is 0 Å². The number of benzene rings is 1. The summed E-state index contributed by atoms with van der Waals surface area (Å²) in [5, 5.41) is 8.73. The molecule has 1 heterocycles. The molecule has 1 fully saturated rings. The lowest BCUT2D eigenvalue weighted by molar-refractivity contribution is -0.139. The number of aryl methyl sites for hydroxylation is 1. The maximum atomic E-state index is 12.1. The maximum Gasteiger partial charge on any atom is 0.305 e. The summed E-state index contributed by atoms with van der Waals surface area (Å²) in [4.78, 5) is 24.4. The van der Waals surface area contributed by atoms with Gasteiger partial charge in [0.15, 0.2) is 0 Å². The SMILES string of the molecule is Cc1cccc(C(=O)N2CCC2CC(=O)O)c1. The molecule has 0 radical (unpaired) electrons. The highest BCUT2D eigenvalue weighted by atomic mass is 16.4. The number of carboxylic acid groups (broad SMARTS) is 1. The number of rotatable bonds is 3. The fourth-order valence-electron chi connectivity index (χ4n) is 2.07. The zero-order chi connectivity index (χ0) is 12.4. The van der Waals surface area contributed by atoms with E-state index in [1.54, 1.807) is 11.0 Å². The van der Waals surface area contributed by atoms with Crippen LogP contribution in [-0.4, -0.2) is 34.5 Å². The van der Waals surface area contributed by atoms with Crippen LogP contribution in [-0.2, 0) is 4.79 Å². The van der Waals surface area contributed by atoms with Crippen molar-refractivity contribution in [2.45, 2.75) is 25.8 Å². The van der Waals surface area contributed by atoms with E-state index in [0.29, 0.717) is 12.1 Å². The zero-order valence-corrected chi connectivity index (χ0v) is 9.72. The minimum atomic E-state index is -0.850. The van der Waals surface area contributed by atoms with Gasteiger partial charge in [0, 0.05) is 18.2 Å². The summed E-state index contributed by atoms with van der Waals surface area (Å²) in [6, 6.07) is 7.24. The van der Waals surface area contributed by atoms with Crippen molar-refractivity contribution in [2.75, 3.05) is 6.54 Å². The van der Waals surface area contributed by atoms with Crippen LogP contribution in [0.3, 0.4) is 0 Å². The first kappa shape index (κ1) is 11.6. The Kier molecular flexibility index (Phi) is 3.13. The summed E-state index contributed by atoms with van der Waals surface area (Å²) in [7, 11) is 0. The molecule has 1 atom stereocenters. The predicted octanol–water partition coefficient (Wildman–Crippen LogP) is 1.68. The second-order valence-corrected chi connectivity index (χ2v) is 4.41. The molecule has 90 valence electrons. The fraction of sp³-hybridized carbons (Fsp3) is 0.385. The lowest BCUT2D eigenvalue weighted by atomic mass is 9.98. The Morgan fingerprint density at radius 3 is 2.76 bits per heavy atom. The number of nitrogens with zero attached hydrogens (tertiary/aromatic N) is 1. The summed E-state index contributed by atoms with van der Waals surface area (Å²) in [5.41, 5.74) is 1.67. The molecule has 1 aromatic rings. The summed E-state index contributed by atoms with van der Waals surface area (Å²) < 4.78 is 0. The van der Waals surface area contributed by atoms with Crippen molar-refractivity contribution in [3.8, 4) is 0 Å². The van der Waals surface area contributed by atoms with Gasteiger partial charge in [-0.1, -0.05) is 17.7 Å². The molecule has 17 heavy (non-hydrogen) atoms. The number of likely N-dealkylation sites (tertiary alicyclic amines) is 1. The van der Waals surface area contributed by atoms with Crippen molar-refractivity contribution in [1.82, 2.24) is 4.90 Å². The van der Waals surface area contributed by atoms with Crippen LogP contribution in [0, 0.1) is 6.92 Å². The Balaban J connectivity index is 2.08. The highest BCUT2D eigenvalue weighted by Gasteiger charge is 2.33. The second kappa shape index (κ2) is 4.57. The molecule has 4 heteroatoms. The Morgan fingerprint density at radius 1 is 1.47 bits per heavy atom. The normalized spacial score (nSPS) is 18.6. The highest BCUT2D eigenvalue weighted by molar-refractivity contribution is 5.95. The Morgan fingerprint density at radius 2 is 2.24 bits per heavy atom. The van der Waals surface area contributed by atoms with Gasteiger partial charge in [-0.3, -0.25) is 9.59 Å². The van der Waals surface area contributed by atoms with E-state index in [0.717, 1.165) is 12.0 Å². The first-order chi connectivity index (χ1) is 8.08. The van der Waals surface area contributed by atoms with Crippen LogP contribution in [0.4, 0.5) is 0 Å². The number of carbonyl (C=O) groups excluding carboxylic acids is 1. The van der Waals surface area contributed by atoms with E-state index < -0.39 is 5.97 Å². The maximum absolute atomic E-state index is 12.1. The number of carbonyl (C=O) groups is 2. The van der Waals surface area contributed by atoms with Gasteiger partial charge >= 0.3 is 5.97 Å². The summed E-state index contributed by atoms with van der Waals surface area (Å²) in [6.07, 6.45) is 0.821. The van der Waals surface area contributed by atoms with Crippen molar-refractivity contribution >= 4 is 11.9 Å². The molecule has 0 aliphatic carbocycles. The minimum Gasteiger partial charge on any atom is -0.481 e. The van der Waals surface area contributed by atoms with Crippen molar-refractivity contribution in [3.05, 3.63) is 35.4 Å². The van der Waals surface area contributed by atoms with E-state index >= 15 is 0 Å². The van der Waals surface area contributed by atoms with E-state index in [1.165, 1.54) is 0 Å². The fourth-order valence-corrected chi connectivity index (χ4v) is 2.07. The summed E-state index contributed by atoms with van der Waals surface area (Å²) in [5.74, 6) is -0.914. The topological polar surface area (TPSA) is 57.6 Å². The number of hydrogen-bond donors (Lipinski definition) is 1. The molecule has 1 aliphatic heterocycles. The van der Waals surface area contributed by atoms with Gasteiger partial charge < -0.3 is 10.0 Å². The second-order valence-electron chi connectivity index (χ2n) is 4.41. The number of amides is 1. The number of aliphatic carboxylic acids is 1. The molecule has 0 bridgehead atoms. The minimum absolute atomic E-state index is 0.0392. The third kappa shape index (κ3) is 2.46. The lowest BCUT2D eigenvalue weighted by Crippen LogP contribution is -2.51. The summed E-state index contributed by atoms with van der Waals surface area (Å²) in [6.45, 7) is 2.59. The molecule has 0 aromatic heterocycles. The van der Waals surface area contributed by atoms with Crippen LogP contribution in [0.1, 0.15) is 28.8 Å². The van der Waals surface area contributed by atoms with Crippen LogP contribution >= 0.6 is 0 Å². The van der Waals surface area contributed by atoms with E-state index in [4.69, 9.17) is 5.11 Å². The van der Waals surface area contributed by atoms with Gasteiger partial charge in [-0.25, -0.2) is 0 Å². The number of hydrogen-bond acceptors (Lipinski definition) is 2. The molecule has 0 saturated carbocycles. The van der Waals surface area contributed by atoms with Gasteiger partial charge in [-0.2, -0.15) is 0 Å². The van der Waals surface area contributed by atoms with Gasteiger partial charge in [0.05, 0.1) is 6.42 Å². The van der Waals surface area contributed by atoms with E-state index in [-0.39, 0.29) is 18.4 Å². The van der Waals surface area contributed by atoms with Crippen molar-refractivity contribution in [1.29, 1.82) is 0 Å². The average molecular weight is 233 g/mol. The Bertz CT molecular complexity index is 456. The highest BCUT2D eigenvalue weighted by Crippen LogP contribution is 2.23. The molecular weight excluding hydrogens is 218 g/mol. The molecule has 4 nitrogen and oxygen atoms in total. The Labute approximate surface area is 99.9 Å². The molecule has 0 spiro atoms. The smallest absolute Gasteiger partial charge is 0.305 e. The monoisotopic (exact) mass is 233 g/mol. The lowest BCUT2D eigenvalue weighted by Gasteiger charge is -2.40. The van der Waals surface area contributed by atoms with Crippen molar-refractivity contribution in [2.24, 2.45) is 0 Å². The van der Waals surface area contributed by atoms with E-state index in [9.17, 15) is 9.59 Å². The van der Waals surface area contributed by atoms with Gasteiger partial charge in [0.1, 0.15) is 0 Å². The molecule has 1 saturated heterocycles. The quantitative estimate of drug-likeness (QED) is 0.864. The van der Waals surface area contributed by atoms with Crippen molar-refractivity contribution < 1.29 is 14.7 Å². The van der Waals surface area contributed by atoms with E-state index in [1.807, 2.05) is 25.1 Å². The van der Waals surface area contributed by atoms with Crippen LogP contribution < -0.4 is 0 Å². The van der Waals surface area contributed by atoms with Crippen molar-refractivity contribution in [3.63, 3.8) is 0 Å². The Hall–Kier alpha value is -1.84. The predicted molar refractivity (Wildman–Crippen MR) is 62.9 cm³/mol. The van der Waals surface area contributed by atoms with Gasteiger partial charge in [0.2, 0.25) is 0 Å². The van der Waals surface area contributed by atoms with Gasteiger partial charge in [-0.05, 0) is 25.5 Å². The molecule has 1 N–H and O–H groups in total. The molecule has 1 aliphatic rings. The first-order valence-electron chi connectivity index (χ1n) is 5.67. The zero-order valence-electron chi connectivity index (χ0n) is 9.72. The van der Waals surface area contributed by atoms with Gasteiger partial charge in [-0.15, -0.1) is 0 Å². The van der Waals surface area contributed by atoms with Crippen LogP contribution in [0.15, 0.2) is 24.3 Å². The molecule has 2 rings (SSSR count). The third-order valence-electron chi connectivity index (χ3n) is 3.08. The molecule has 1 unspecified atom stereocenters. The standard InChI is InChI=1S/C13H15NO3/c1-9-3-2-4-10(7-9)13(17)14-6-5-11(14)8-12(15)16/h2-4,7,11H,5-6,8H2,1H3,(H,15,16). The first-order valence-corrected chi connectivity index (χ1v) is 5.67. The third-order valence-corrected chi connectivity index (χ3v) is 3.08.